The first-order valence-corrected chi connectivity index (χ1v) is 8.54. The molecule has 0 radical (unpaired) electrons. The highest BCUT2D eigenvalue weighted by Crippen LogP contribution is 2.39. The lowest BCUT2D eigenvalue weighted by Gasteiger charge is -2.37. The molecule has 2 aliphatic carbocycles. The fraction of sp³-hybridized carbons (Fsp3) is 1.00. The molecular weight excluding hydrogens is 218 g/mol. The molecule has 0 aromatic rings. The van der Waals surface area contributed by atoms with E-state index in [-0.39, 0.29) is 0 Å². The summed E-state index contributed by atoms with van der Waals surface area (Å²) >= 11 is 0. The van der Waals surface area contributed by atoms with Crippen molar-refractivity contribution in [1.29, 1.82) is 0 Å². The minimum absolute atomic E-state index is 0.839. The van der Waals surface area contributed by atoms with Gasteiger partial charge in [0.15, 0.2) is 0 Å². The Balaban J connectivity index is 1.91. The van der Waals surface area contributed by atoms with Crippen molar-refractivity contribution >= 4 is 0 Å². The van der Waals surface area contributed by atoms with Crippen LogP contribution in [0.25, 0.3) is 0 Å². The van der Waals surface area contributed by atoms with Crippen LogP contribution in [-0.2, 0) is 0 Å². The van der Waals surface area contributed by atoms with Crippen LogP contribution < -0.4 is 5.32 Å². The van der Waals surface area contributed by atoms with Gasteiger partial charge < -0.3 is 5.32 Å². The minimum Gasteiger partial charge on any atom is -0.314 e. The highest BCUT2D eigenvalue weighted by atomic mass is 14.9. The molecule has 2 rings (SSSR count). The predicted octanol–water partition coefficient (Wildman–Crippen LogP) is 4.76. The zero-order valence-electron chi connectivity index (χ0n) is 12.6. The van der Waals surface area contributed by atoms with Gasteiger partial charge in [0.25, 0.3) is 0 Å². The lowest BCUT2D eigenvalue weighted by molar-refractivity contribution is 0.164. The average Bonchev–Trinajstić information content (AvgIpc) is 2.62. The zero-order chi connectivity index (χ0) is 12.8. The van der Waals surface area contributed by atoms with Gasteiger partial charge in [-0.25, -0.2) is 0 Å². The molecule has 0 amide bonds. The molecule has 106 valence electrons. The molecule has 1 heteroatoms. The van der Waals surface area contributed by atoms with E-state index in [1.54, 1.807) is 0 Å². The Morgan fingerprint density at radius 1 is 0.889 bits per heavy atom. The van der Waals surface area contributed by atoms with Crippen LogP contribution in [0.15, 0.2) is 0 Å². The van der Waals surface area contributed by atoms with E-state index in [4.69, 9.17) is 0 Å². The second kappa shape index (κ2) is 7.53. The minimum atomic E-state index is 0.839. The van der Waals surface area contributed by atoms with Crippen molar-refractivity contribution in [1.82, 2.24) is 5.32 Å². The van der Waals surface area contributed by atoms with E-state index >= 15 is 0 Å². The maximum Gasteiger partial charge on any atom is 0.00979 e. The Kier molecular flexibility index (Phi) is 6.01. The van der Waals surface area contributed by atoms with Gasteiger partial charge in [0.1, 0.15) is 0 Å². The second-order valence-corrected chi connectivity index (χ2v) is 6.88. The standard InChI is InChI=1S/C17H33N/c1-3-13-18-17-8-6-4-5-7-16(17)15-11-9-14(2)10-12-15/h14-18H,3-13H2,1-2H3. The SMILES string of the molecule is CCCNC1CCCCCC1C1CCC(C)CC1. The van der Waals surface area contributed by atoms with Crippen LogP contribution in [0.2, 0.25) is 0 Å². The van der Waals surface area contributed by atoms with E-state index in [0.29, 0.717) is 0 Å². The molecule has 2 atom stereocenters. The van der Waals surface area contributed by atoms with Gasteiger partial charge in [-0.2, -0.15) is 0 Å². The van der Waals surface area contributed by atoms with Gasteiger partial charge in [-0.05, 0) is 56.4 Å². The highest BCUT2D eigenvalue weighted by molar-refractivity contribution is 4.86. The van der Waals surface area contributed by atoms with Crippen LogP contribution in [0.4, 0.5) is 0 Å². The van der Waals surface area contributed by atoms with Gasteiger partial charge in [0, 0.05) is 6.04 Å². The maximum absolute atomic E-state index is 3.87. The smallest absolute Gasteiger partial charge is 0.00979 e. The van der Waals surface area contributed by atoms with Crippen molar-refractivity contribution in [2.24, 2.45) is 17.8 Å². The van der Waals surface area contributed by atoms with E-state index in [1.807, 2.05) is 0 Å². The van der Waals surface area contributed by atoms with Crippen molar-refractivity contribution in [3.8, 4) is 0 Å². The summed E-state index contributed by atoms with van der Waals surface area (Å²) in [6.45, 7) is 5.96. The Morgan fingerprint density at radius 2 is 1.61 bits per heavy atom. The molecule has 1 N–H and O–H groups in total. The van der Waals surface area contributed by atoms with Gasteiger partial charge >= 0.3 is 0 Å². The fourth-order valence-corrected chi connectivity index (χ4v) is 4.20. The summed E-state index contributed by atoms with van der Waals surface area (Å²) < 4.78 is 0. The first kappa shape index (κ1) is 14.4. The van der Waals surface area contributed by atoms with Gasteiger partial charge in [-0.1, -0.05) is 46.0 Å². The molecule has 0 aromatic heterocycles. The highest BCUT2D eigenvalue weighted by Gasteiger charge is 2.32. The largest absolute Gasteiger partial charge is 0.314 e. The Hall–Kier alpha value is -0.0400. The summed E-state index contributed by atoms with van der Waals surface area (Å²) in [6, 6.07) is 0.839. The van der Waals surface area contributed by atoms with Crippen LogP contribution in [0.1, 0.15) is 78.1 Å². The van der Waals surface area contributed by atoms with E-state index in [1.165, 1.54) is 70.8 Å². The number of hydrogen-bond donors (Lipinski definition) is 1. The number of hydrogen-bond acceptors (Lipinski definition) is 1. The molecule has 0 saturated heterocycles. The third-order valence-corrected chi connectivity index (χ3v) is 5.39. The molecule has 2 aliphatic rings. The normalized spacial score (nSPS) is 38.3. The van der Waals surface area contributed by atoms with Crippen LogP contribution >= 0.6 is 0 Å². The quantitative estimate of drug-likeness (QED) is 0.710. The van der Waals surface area contributed by atoms with Crippen LogP contribution in [0.5, 0.6) is 0 Å². The Bertz CT molecular complexity index is 218. The number of nitrogens with one attached hydrogen (secondary N) is 1. The lowest BCUT2D eigenvalue weighted by atomic mass is 9.72. The zero-order valence-corrected chi connectivity index (χ0v) is 12.6. The molecule has 2 saturated carbocycles. The molecule has 0 bridgehead atoms. The molecule has 0 aromatic carbocycles. The second-order valence-electron chi connectivity index (χ2n) is 6.88. The molecule has 1 nitrogen and oxygen atoms in total. The topological polar surface area (TPSA) is 12.0 Å². The monoisotopic (exact) mass is 251 g/mol. The van der Waals surface area contributed by atoms with E-state index in [2.05, 4.69) is 19.2 Å². The molecule has 2 fully saturated rings. The molecule has 0 spiro atoms. The first-order valence-electron chi connectivity index (χ1n) is 8.54. The van der Waals surface area contributed by atoms with Crippen LogP contribution in [-0.4, -0.2) is 12.6 Å². The summed E-state index contributed by atoms with van der Waals surface area (Å²) in [5.74, 6) is 3.02. The van der Waals surface area contributed by atoms with E-state index < -0.39 is 0 Å². The van der Waals surface area contributed by atoms with Gasteiger partial charge in [-0.15, -0.1) is 0 Å². The first-order chi connectivity index (χ1) is 8.81. The molecular formula is C17H33N. The molecule has 0 aliphatic heterocycles. The van der Waals surface area contributed by atoms with Gasteiger partial charge in [0.05, 0.1) is 0 Å². The van der Waals surface area contributed by atoms with Crippen LogP contribution in [0, 0.1) is 17.8 Å². The summed E-state index contributed by atoms with van der Waals surface area (Å²) in [7, 11) is 0. The summed E-state index contributed by atoms with van der Waals surface area (Å²) in [5, 5.41) is 3.87. The van der Waals surface area contributed by atoms with E-state index in [0.717, 1.165) is 23.8 Å². The van der Waals surface area contributed by atoms with Crippen LogP contribution in [0.3, 0.4) is 0 Å². The Labute approximate surface area is 114 Å². The van der Waals surface area contributed by atoms with Gasteiger partial charge in [-0.3, -0.25) is 0 Å². The average molecular weight is 251 g/mol. The van der Waals surface area contributed by atoms with Crippen molar-refractivity contribution in [2.45, 2.75) is 84.1 Å². The van der Waals surface area contributed by atoms with Gasteiger partial charge in [0.2, 0.25) is 0 Å². The number of rotatable bonds is 4. The predicted molar refractivity (Wildman–Crippen MR) is 79.8 cm³/mol. The molecule has 18 heavy (non-hydrogen) atoms. The molecule has 2 unspecified atom stereocenters. The van der Waals surface area contributed by atoms with E-state index in [9.17, 15) is 0 Å². The van der Waals surface area contributed by atoms with Crippen molar-refractivity contribution in [2.75, 3.05) is 6.54 Å². The maximum atomic E-state index is 3.87. The van der Waals surface area contributed by atoms with Crippen molar-refractivity contribution < 1.29 is 0 Å². The fourth-order valence-electron chi connectivity index (χ4n) is 4.20. The Morgan fingerprint density at radius 3 is 2.33 bits per heavy atom. The molecule has 0 heterocycles. The van der Waals surface area contributed by atoms with Crippen molar-refractivity contribution in [3.05, 3.63) is 0 Å². The van der Waals surface area contributed by atoms with Crippen molar-refractivity contribution in [3.63, 3.8) is 0 Å². The summed E-state index contributed by atoms with van der Waals surface area (Å²) in [6.07, 6.45) is 14.6. The summed E-state index contributed by atoms with van der Waals surface area (Å²) in [5.41, 5.74) is 0. The third kappa shape index (κ3) is 3.98. The summed E-state index contributed by atoms with van der Waals surface area (Å²) in [4.78, 5) is 0. The lowest BCUT2D eigenvalue weighted by Crippen LogP contribution is -2.40. The third-order valence-electron chi connectivity index (χ3n) is 5.39.